The summed E-state index contributed by atoms with van der Waals surface area (Å²) in [7, 11) is 0. The summed E-state index contributed by atoms with van der Waals surface area (Å²) in [6, 6.07) is 9.97. The van der Waals surface area contributed by atoms with E-state index in [-0.39, 0.29) is 6.61 Å². The van der Waals surface area contributed by atoms with Crippen molar-refractivity contribution in [3.8, 4) is 0 Å². The molecule has 0 fully saturated rings. The molecule has 15 heavy (non-hydrogen) atoms. The molecule has 0 aromatic heterocycles. The van der Waals surface area contributed by atoms with Crippen LogP contribution < -0.4 is 0 Å². The van der Waals surface area contributed by atoms with Crippen LogP contribution in [0.15, 0.2) is 42.5 Å². The fraction of sp³-hybridized carbons (Fsp3) is 0.385. The summed E-state index contributed by atoms with van der Waals surface area (Å²) in [6.07, 6.45) is 1.36. The average molecular weight is 206 g/mol. The largest absolute Gasteiger partial charge is 0.392 e. The van der Waals surface area contributed by atoms with E-state index in [2.05, 4.69) is 6.58 Å². The van der Waals surface area contributed by atoms with E-state index in [1.54, 1.807) is 6.92 Å². The van der Waals surface area contributed by atoms with Crippen LogP contribution in [0.1, 0.15) is 18.9 Å². The van der Waals surface area contributed by atoms with E-state index in [1.807, 2.05) is 30.3 Å². The van der Waals surface area contributed by atoms with Crippen LogP contribution in [0.5, 0.6) is 0 Å². The number of aryl methyl sites for hydroxylation is 1. The van der Waals surface area contributed by atoms with Crippen LogP contribution >= 0.6 is 0 Å². The fourth-order valence-corrected chi connectivity index (χ4v) is 1.38. The molecule has 1 atom stereocenters. The topological polar surface area (TPSA) is 40.5 Å². The first-order valence-electron chi connectivity index (χ1n) is 5.11. The van der Waals surface area contributed by atoms with Crippen LogP contribution in [0.4, 0.5) is 0 Å². The molecule has 0 amide bonds. The van der Waals surface area contributed by atoms with Crippen molar-refractivity contribution in [3.63, 3.8) is 0 Å². The van der Waals surface area contributed by atoms with Crippen LogP contribution in [0, 0.1) is 0 Å². The zero-order valence-corrected chi connectivity index (χ0v) is 9.11. The number of hydrogen-bond acceptors (Lipinski definition) is 2. The molecule has 0 bridgehead atoms. The Morgan fingerprint density at radius 1 is 1.33 bits per heavy atom. The smallest absolute Gasteiger partial charge is 0.0851 e. The normalized spacial score (nSPS) is 14.6. The Bertz CT molecular complexity index is 315. The van der Waals surface area contributed by atoms with Crippen molar-refractivity contribution in [2.45, 2.75) is 25.4 Å². The van der Waals surface area contributed by atoms with E-state index in [0.29, 0.717) is 12.0 Å². The van der Waals surface area contributed by atoms with Crippen LogP contribution in [0.25, 0.3) is 0 Å². The lowest BCUT2D eigenvalue weighted by Gasteiger charge is -2.24. The standard InChI is InChI=1S/C13H18O2/c1-11(10-14)13(2,15)9-8-12-6-4-3-5-7-12/h3-7,14-15H,1,8-10H2,2H3. The molecule has 0 spiro atoms. The molecule has 0 aliphatic carbocycles. The highest BCUT2D eigenvalue weighted by molar-refractivity contribution is 5.17. The molecule has 0 heterocycles. The molecule has 0 aliphatic heterocycles. The van der Waals surface area contributed by atoms with Crippen LogP contribution in [-0.2, 0) is 6.42 Å². The van der Waals surface area contributed by atoms with E-state index >= 15 is 0 Å². The van der Waals surface area contributed by atoms with E-state index in [1.165, 1.54) is 5.56 Å². The Morgan fingerprint density at radius 2 is 1.93 bits per heavy atom. The Morgan fingerprint density at radius 3 is 2.47 bits per heavy atom. The van der Waals surface area contributed by atoms with Crippen molar-refractivity contribution in [1.82, 2.24) is 0 Å². The first-order valence-corrected chi connectivity index (χ1v) is 5.11. The SMILES string of the molecule is C=C(CO)C(C)(O)CCc1ccccc1. The third-order valence-electron chi connectivity index (χ3n) is 2.70. The highest BCUT2D eigenvalue weighted by Gasteiger charge is 2.22. The summed E-state index contributed by atoms with van der Waals surface area (Å²) in [4.78, 5) is 0. The second kappa shape index (κ2) is 5.10. The molecular formula is C13H18O2. The number of aliphatic hydroxyl groups excluding tert-OH is 1. The lowest BCUT2D eigenvalue weighted by atomic mass is 9.90. The van der Waals surface area contributed by atoms with Gasteiger partial charge in [0.2, 0.25) is 0 Å². The van der Waals surface area contributed by atoms with Gasteiger partial charge in [0.1, 0.15) is 0 Å². The van der Waals surface area contributed by atoms with Gasteiger partial charge in [0.25, 0.3) is 0 Å². The fourth-order valence-electron chi connectivity index (χ4n) is 1.38. The molecule has 0 saturated carbocycles. The summed E-state index contributed by atoms with van der Waals surface area (Å²) in [5.41, 5.74) is 0.673. The quantitative estimate of drug-likeness (QED) is 0.723. The van der Waals surface area contributed by atoms with Gasteiger partial charge >= 0.3 is 0 Å². The minimum absolute atomic E-state index is 0.165. The number of rotatable bonds is 5. The van der Waals surface area contributed by atoms with Crippen LogP contribution in [-0.4, -0.2) is 22.4 Å². The first kappa shape index (κ1) is 12.0. The van der Waals surface area contributed by atoms with Crippen molar-refractivity contribution in [3.05, 3.63) is 48.0 Å². The molecule has 0 radical (unpaired) electrons. The van der Waals surface area contributed by atoms with E-state index in [9.17, 15) is 5.11 Å². The highest BCUT2D eigenvalue weighted by atomic mass is 16.3. The molecule has 82 valence electrons. The van der Waals surface area contributed by atoms with Crippen molar-refractivity contribution < 1.29 is 10.2 Å². The monoisotopic (exact) mass is 206 g/mol. The maximum absolute atomic E-state index is 9.98. The highest BCUT2D eigenvalue weighted by Crippen LogP contribution is 2.20. The number of hydrogen-bond donors (Lipinski definition) is 2. The molecule has 0 aliphatic rings. The van der Waals surface area contributed by atoms with Crippen molar-refractivity contribution in [2.75, 3.05) is 6.61 Å². The predicted octanol–water partition coefficient (Wildman–Crippen LogP) is 1.92. The minimum Gasteiger partial charge on any atom is -0.392 e. The van der Waals surface area contributed by atoms with Crippen LogP contribution in [0.2, 0.25) is 0 Å². The molecule has 1 aromatic carbocycles. The number of aliphatic hydroxyl groups is 2. The summed E-state index contributed by atoms with van der Waals surface area (Å²) >= 11 is 0. The zero-order valence-electron chi connectivity index (χ0n) is 9.11. The van der Waals surface area contributed by atoms with Gasteiger partial charge in [0.15, 0.2) is 0 Å². The lowest BCUT2D eigenvalue weighted by molar-refractivity contribution is 0.0769. The summed E-state index contributed by atoms with van der Waals surface area (Å²) in [5, 5.41) is 18.9. The summed E-state index contributed by atoms with van der Waals surface area (Å²) < 4.78 is 0. The second-order valence-corrected chi connectivity index (χ2v) is 4.02. The maximum atomic E-state index is 9.98. The van der Waals surface area contributed by atoms with Crippen LogP contribution in [0.3, 0.4) is 0 Å². The molecule has 2 N–H and O–H groups in total. The van der Waals surface area contributed by atoms with Crippen molar-refractivity contribution in [2.24, 2.45) is 0 Å². The third-order valence-corrected chi connectivity index (χ3v) is 2.70. The Hall–Kier alpha value is -1.12. The predicted molar refractivity (Wildman–Crippen MR) is 61.6 cm³/mol. The molecule has 2 heteroatoms. The van der Waals surface area contributed by atoms with Gasteiger partial charge in [-0.15, -0.1) is 0 Å². The molecule has 1 aromatic rings. The molecule has 1 rings (SSSR count). The van der Waals surface area contributed by atoms with Gasteiger partial charge in [-0.25, -0.2) is 0 Å². The molecule has 1 unspecified atom stereocenters. The number of benzene rings is 1. The van der Waals surface area contributed by atoms with Gasteiger partial charge < -0.3 is 10.2 Å². The zero-order chi connectivity index (χ0) is 11.3. The molecular weight excluding hydrogens is 188 g/mol. The minimum atomic E-state index is -0.982. The third kappa shape index (κ3) is 3.50. The van der Waals surface area contributed by atoms with Crippen molar-refractivity contribution in [1.29, 1.82) is 0 Å². The van der Waals surface area contributed by atoms with Gasteiger partial charge in [-0.2, -0.15) is 0 Å². The Balaban J connectivity index is 2.53. The average Bonchev–Trinajstić information content (AvgIpc) is 2.27. The van der Waals surface area contributed by atoms with Gasteiger partial charge in [-0.3, -0.25) is 0 Å². The van der Waals surface area contributed by atoms with E-state index < -0.39 is 5.60 Å². The van der Waals surface area contributed by atoms with Gasteiger partial charge in [0.05, 0.1) is 12.2 Å². The van der Waals surface area contributed by atoms with Gasteiger partial charge in [-0.1, -0.05) is 36.9 Å². The van der Waals surface area contributed by atoms with E-state index in [4.69, 9.17) is 5.11 Å². The first-order chi connectivity index (χ1) is 7.06. The lowest BCUT2D eigenvalue weighted by Crippen LogP contribution is -2.28. The Kier molecular flexibility index (Phi) is 4.06. The molecule has 2 nitrogen and oxygen atoms in total. The molecule has 0 saturated heterocycles. The van der Waals surface area contributed by atoms with Gasteiger partial charge in [0, 0.05) is 0 Å². The summed E-state index contributed by atoms with van der Waals surface area (Å²) in [5.74, 6) is 0. The Labute approximate surface area is 90.9 Å². The maximum Gasteiger partial charge on any atom is 0.0851 e. The van der Waals surface area contributed by atoms with Crippen molar-refractivity contribution >= 4 is 0 Å². The van der Waals surface area contributed by atoms with Gasteiger partial charge in [-0.05, 0) is 30.9 Å². The van der Waals surface area contributed by atoms with E-state index in [0.717, 1.165) is 6.42 Å². The second-order valence-electron chi connectivity index (χ2n) is 4.02. The summed E-state index contributed by atoms with van der Waals surface area (Å²) in [6.45, 7) is 5.18.